The van der Waals surface area contributed by atoms with Gasteiger partial charge in [0.2, 0.25) is 4.96 Å². The average molecular weight is 548 g/mol. The number of fused-ring (bicyclic) bond motifs is 1. The first kappa shape index (κ1) is 25.7. The van der Waals surface area contributed by atoms with E-state index in [0.29, 0.717) is 21.9 Å². The van der Waals surface area contributed by atoms with Gasteiger partial charge in [0.15, 0.2) is 5.82 Å². The van der Waals surface area contributed by atoms with Crippen molar-refractivity contribution >= 4 is 22.4 Å². The lowest BCUT2D eigenvalue weighted by molar-refractivity contribution is 0.340. The molecule has 6 rings (SSSR count). The van der Waals surface area contributed by atoms with Gasteiger partial charge in [-0.15, -0.1) is 5.10 Å². The Morgan fingerprint density at radius 2 is 1.60 bits per heavy atom. The van der Waals surface area contributed by atoms with Crippen LogP contribution in [0.4, 0.5) is 0 Å². The van der Waals surface area contributed by atoms with Gasteiger partial charge >= 0.3 is 0 Å². The summed E-state index contributed by atoms with van der Waals surface area (Å²) in [5, 5.41) is 9.43. The van der Waals surface area contributed by atoms with E-state index in [4.69, 9.17) is 9.84 Å². The van der Waals surface area contributed by atoms with Crippen LogP contribution in [0.1, 0.15) is 38.8 Å². The third kappa shape index (κ3) is 4.94. The standard InChI is InChI=1S/C32H29N5O2S/c1-5-39-26-17-13-21(14-18-26)28-23(20-36(34-28)25-9-7-6-8-10-25)19-27-30(38)37-31(40-27)33-29(35-37)22-11-15-24(16-12-22)32(2,3)4/h6-20H,5H2,1-4H3/b27-19-. The summed E-state index contributed by atoms with van der Waals surface area (Å²) in [6.07, 6.45) is 3.82. The van der Waals surface area contributed by atoms with Gasteiger partial charge in [0.1, 0.15) is 11.4 Å². The number of aromatic nitrogens is 5. The summed E-state index contributed by atoms with van der Waals surface area (Å²) < 4.78 is 9.38. The fourth-order valence-electron chi connectivity index (χ4n) is 4.52. The van der Waals surface area contributed by atoms with E-state index in [1.807, 2.05) is 90.6 Å². The van der Waals surface area contributed by atoms with Crippen molar-refractivity contribution in [3.8, 4) is 34.1 Å². The molecule has 3 aromatic carbocycles. The molecule has 3 aromatic heterocycles. The van der Waals surface area contributed by atoms with E-state index in [1.165, 1.54) is 21.4 Å². The van der Waals surface area contributed by atoms with Crippen LogP contribution in [0.25, 0.3) is 39.4 Å². The lowest BCUT2D eigenvalue weighted by atomic mass is 9.87. The van der Waals surface area contributed by atoms with E-state index in [1.54, 1.807) is 0 Å². The predicted molar refractivity (Wildman–Crippen MR) is 160 cm³/mol. The van der Waals surface area contributed by atoms with Crippen molar-refractivity contribution in [2.45, 2.75) is 33.1 Å². The van der Waals surface area contributed by atoms with Gasteiger partial charge in [0, 0.05) is 22.9 Å². The van der Waals surface area contributed by atoms with Crippen LogP contribution in [0.5, 0.6) is 5.75 Å². The first-order valence-corrected chi connectivity index (χ1v) is 14.0. The summed E-state index contributed by atoms with van der Waals surface area (Å²) in [6, 6.07) is 26.0. The van der Waals surface area contributed by atoms with Crippen LogP contribution in [0.2, 0.25) is 0 Å². The van der Waals surface area contributed by atoms with Gasteiger partial charge in [0.05, 0.1) is 16.8 Å². The lowest BCUT2D eigenvalue weighted by Gasteiger charge is -2.18. The van der Waals surface area contributed by atoms with Gasteiger partial charge in [-0.3, -0.25) is 4.79 Å². The zero-order chi connectivity index (χ0) is 27.9. The van der Waals surface area contributed by atoms with Crippen molar-refractivity contribution in [3.05, 3.63) is 111 Å². The van der Waals surface area contributed by atoms with Gasteiger partial charge in [-0.1, -0.05) is 74.6 Å². The average Bonchev–Trinajstić information content (AvgIpc) is 3.65. The molecule has 0 radical (unpaired) electrons. The number of thiazole rings is 1. The number of benzene rings is 3. The van der Waals surface area contributed by atoms with Gasteiger partial charge in [-0.25, -0.2) is 4.68 Å². The SMILES string of the molecule is CCOc1ccc(-c2nn(-c3ccccc3)cc2/C=c2\sc3nc(-c4ccc(C(C)(C)C)cc4)nn3c2=O)cc1. The summed E-state index contributed by atoms with van der Waals surface area (Å²) in [5.74, 6) is 1.35. The van der Waals surface area contributed by atoms with Crippen LogP contribution in [0, 0.1) is 0 Å². The van der Waals surface area contributed by atoms with Crippen LogP contribution in [0.15, 0.2) is 89.9 Å². The molecule has 0 fully saturated rings. The minimum atomic E-state index is -0.199. The number of hydrogen-bond acceptors (Lipinski definition) is 6. The maximum absolute atomic E-state index is 13.4. The Morgan fingerprint density at radius 1 is 0.900 bits per heavy atom. The molecule has 0 saturated heterocycles. The Morgan fingerprint density at radius 3 is 2.25 bits per heavy atom. The highest BCUT2D eigenvalue weighted by molar-refractivity contribution is 7.15. The molecule has 40 heavy (non-hydrogen) atoms. The molecule has 7 nitrogen and oxygen atoms in total. The highest BCUT2D eigenvalue weighted by Gasteiger charge is 2.17. The monoisotopic (exact) mass is 547 g/mol. The van der Waals surface area contributed by atoms with E-state index >= 15 is 0 Å². The Kier molecular flexibility index (Phi) is 6.56. The molecule has 8 heteroatoms. The summed E-state index contributed by atoms with van der Waals surface area (Å²) in [4.78, 5) is 18.6. The zero-order valence-electron chi connectivity index (χ0n) is 22.8. The largest absolute Gasteiger partial charge is 0.494 e. The minimum absolute atomic E-state index is 0.0614. The third-order valence-electron chi connectivity index (χ3n) is 6.68. The molecular formula is C32H29N5O2S. The summed E-state index contributed by atoms with van der Waals surface area (Å²) >= 11 is 1.32. The molecule has 0 spiro atoms. The normalized spacial score (nSPS) is 12.3. The van der Waals surface area contributed by atoms with Crippen LogP contribution in [-0.4, -0.2) is 31.0 Å². The van der Waals surface area contributed by atoms with E-state index in [2.05, 4.69) is 43.0 Å². The fraction of sp³-hybridized carbons (Fsp3) is 0.188. The van der Waals surface area contributed by atoms with Gasteiger partial charge in [-0.2, -0.15) is 14.6 Å². The third-order valence-corrected chi connectivity index (χ3v) is 7.64. The molecule has 6 aromatic rings. The molecular weight excluding hydrogens is 518 g/mol. The maximum atomic E-state index is 13.4. The Hall–Kier alpha value is -4.56. The van der Waals surface area contributed by atoms with Crippen molar-refractivity contribution < 1.29 is 4.74 Å². The lowest BCUT2D eigenvalue weighted by Crippen LogP contribution is -2.23. The fourth-order valence-corrected chi connectivity index (χ4v) is 5.42. The maximum Gasteiger partial charge on any atom is 0.291 e. The number of para-hydroxylation sites is 1. The van der Waals surface area contributed by atoms with Crippen LogP contribution in [-0.2, 0) is 5.41 Å². The molecule has 0 saturated carbocycles. The zero-order valence-corrected chi connectivity index (χ0v) is 23.6. The Bertz CT molecular complexity index is 1900. The number of rotatable bonds is 6. The van der Waals surface area contributed by atoms with Crippen molar-refractivity contribution in [1.82, 2.24) is 24.4 Å². The van der Waals surface area contributed by atoms with E-state index in [0.717, 1.165) is 33.8 Å². The molecule has 0 amide bonds. The molecule has 200 valence electrons. The second-order valence-corrected chi connectivity index (χ2v) is 11.6. The van der Waals surface area contributed by atoms with Crippen LogP contribution in [0.3, 0.4) is 0 Å². The highest BCUT2D eigenvalue weighted by atomic mass is 32.1. The smallest absolute Gasteiger partial charge is 0.291 e. The molecule has 0 bridgehead atoms. The van der Waals surface area contributed by atoms with Crippen molar-refractivity contribution in [2.24, 2.45) is 0 Å². The van der Waals surface area contributed by atoms with E-state index in [9.17, 15) is 4.79 Å². The Balaban J connectivity index is 1.41. The Labute approximate surface area is 236 Å². The van der Waals surface area contributed by atoms with Crippen molar-refractivity contribution in [2.75, 3.05) is 6.61 Å². The minimum Gasteiger partial charge on any atom is -0.494 e. The first-order chi connectivity index (χ1) is 19.3. The molecule has 3 heterocycles. The van der Waals surface area contributed by atoms with Gasteiger partial charge in [-0.05, 0) is 60.4 Å². The summed E-state index contributed by atoms with van der Waals surface area (Å²) in [7, 11) is 0. The van der Waals surface area contributed by atoms with Crippen LogP contribution >= 0.6 is 11.3 Å². The second kappa shape index (κ2) is 10.2. The van der Waals surface area contributed by atoms with Crippen molar-refractivity contribution in [1.29, 1.82) is 0 Å². The predicted octanol–water partition coefficient (Wildman–Crippen LogP) is 5.91. The topological polar surface area (TPSA) is 74.3 Å². The summed E-state index contributed by atoms with van der Waals surface area (Å²) in [6.45, 7) is 9.10. The van der Waals surface area contributed by atoms with Crippen LogP contribution < -0.4 is 14.8 Å². The second-order valence-electron chi connectivity index (χ2n) is 10.5. The molecule has 0 N–H and O–H groups in total. The molecule has 0 unspecified atom stereocenters. The summed E-state index contributed by atoms with van der Waals surface area (Å²) in [5.41, 5.74) is 5.44. The number of hydrogen-bond donors (Lipinski definition) is 0. The molecule has 0 aliphatic rings. The van der Waals surface area contributed by atoms with E-state index in [-0.39, 0.29) is 11.0 Å². The number of nitrogens with zero attached hydrogens (tertiary/aromatic N) is 5. The quantitative estimate of drug-likeness (QED) is 0.259. The molecule has 0 aliphatic heterocycles. The van der Waals surface area contributed by atoms with Gasteiger partial charge < -0.3 is 4.74 Å². The number of ether oxygens (including phenoxy) is 1. The van der Waals surface area contributed by atoms with E-state index < -0.39 is 0 Å². The van der Waals surface area contributed by atoms with Gasteiger partial charge in [0.25, 0.3) is 5.56 Å². The first-order valence-electron chi connectivity index (χ1n) is 13.2. The molecule has 0 atom stereocenters. The molecule has 0 aliphatic carbocycles. The van der Waals surface area contributed by atoms with Crippen molar-refractivity contribution in [3.63, 3.8) is 0 Å². The highest BCUT2D eigenvalue weighted by Crippen LogP contribution is 2.27.